The molecule has 1 aromatic rings. The molecule has 2 unspecified atom stereocenters. The van der Waals surface area contributed by atoms with Crippen molar-refractivity contribution in [1.29, 1.82) is 0 Å². The Morgan fingerprint density at radius 1 is 1.00 bits per heavy atom. The number of hydrogen-bond acceptors (Lipinski definition) is 7. The van der Waals surface area contributed by atoms with Crippen LogP contribution in [0.15, 0.2) is 23.1 Å². The van der Waals surface area contributed by atoms with Gasteiger partial charge in [-0.15, -0.1) is 0 Å². The molecule has 44 heavy (non-hydrogen) atoms. The van der Waals surface area contributed by atoms with Gasteiger partial charge in [-0.2, -0.15) is 0 Å². The molecule has 0 radical (unpaired) electrons. The summed E-state index contributed by atoms with van der Waals surface area (Å²) in [6.45, 7) is 1.58. The smallest absolute Gasteiger partial charge is 0.287 e. The SMILES string of the molecule is CNC(=O)C(=O)CCC(NC(=O)C1CCCN1C(C)=O)C(=O)Nc1cccn(CC(=O)NC2C3CC4CC(C3)CC2C4)c1=O. The van der Waals surface area contributed by atoms with Crippen LogP contribution in [0.4, 0.5) is 5.69 Å². The maximum Gasteiger partial charge on any atom is 0.287 e. The van der Waals surface area contributed by atoms with Crippen LogP contribution in [0.25, 0.3) is 0 Å². The maximum atomic E-state index is 13.4. The van der Waals surface area contributed by atoms with Gasteiger partial charge < -0.3 is 30.7 Å². The number of aromatic nitrogens is 1. The summed E-state index contributed by atoms with van der Waals surface area (Å²) in [4.78, 5) is 90.1. The summed E-state index contributed by atoms with van der Waals surface area (Å²) in [5, 5.41) is 10.6. The van der Waals surface area contributed by atoms with Crippen LogP contribution >= 0.6 is 0 Å². The standard InChI is InChI=1S/C31H42N6O7/c1-17(38)37-10-4-6-24(37)29(42)33-22(7-8-25(39)30(43)32-2)28(41)34-23-5-3-9-36(31(23)44)16-26(40)35-27-20-12-18-11-19(14-20)15-21(27)13-18/h3,5,9,18-22,24,27H,4,6-8,10-16H2,1-2H3,(H,32,43)(H,33,42)(H,34,41)(H,35,40). The van der Waals surface area contributed by atoms with Gasteiger partial charge in [-0.05, 0) is 87.2 Å². The Hall–Kier alpha value is -4.03. The van der Waals surface area contributed by atoms with Crippen molar-refractivity contribution in [3.8, 4) is 0 Å². The van der Waals surface area contributed by atoms with Gasteiger partial charge in [-0.1, -0.05) is 0 Å². The summed E-state index contributed by atoms with van der Waals surface area (Å²) >= 11 is 0. The van der Waals surface area contributed by atoms with Crippen molar-refractivity contribution in [2.75, 3.05) is 18.9 Å². The van der Waals surface area contributed by atoms with Crippen molar-refractivity contribution >= 4 is 41.0 Å². The Labute approximate surface area is 255 Å². The third-order valence-electron chi connectivity index (χ3n) is 9.88. The van der Waals surface area contributed by atoms with Crippen LogP contribution in [0.1, 0.15) is 64.7 Å². The molecular weight excluding hydrogens is 568 g/mol. The molecule has 4 N–H and O–H groups in total. The molecule has 4 saturated carbocycles. The number of carbonyl (C=O) groups is 6. The first kappa shape index (κ1) is 31.4. The van der Waals surface area contributed by atoms with Crippen LogP contribution in [0.3, 0.4) is 0 Å². The van der Waals surface area contributed by atoms with E-state index in [2.05, 4.69) is 21.3 Å². The topological polar surface area (TPSA) is 176 Å². The van der Waals surface area contributed by atoms with Crippen molar-refractivity contribution < 1.29 is 28.8 Å². The van der Waals surface area contributed by atoms with Crippen molar-refractivity contribution in [1.82, 2.24) is 25.4 Å². The second-order valence-corrected chi connectivity index (χ2v) is 12.8. The lowest BCUT2D eigenvalue weighted by molar-refractivity contribution is -0.138. The molecule has 4 bridgehead atoms. The molecule has 0 spiro atoms. The quantitative estimate of drug-likeness (QED) is 0.261. The zero-order chi connectivity index (χ0) is 31.5. The minimum absolute atomic E-state index is 0.0944. The monoisotopic (exact) mass is 610 g/mol. The van der Waals surface area contributed by atoms with Gasteiger partial charge in [0.25, 0.3) is 11.5 Å². The number of anilines is 1. The lowest BCUT2D eigenvalue weighted by Gasteiger charge is -2.54. The van der Waals surface area contributed by atoms with E-state index in [9.17, 15) is 33.6 Å². The largest absolute Gasteiger partial charge is 0.353 e. The Kier molecular flexibility index (Phi) is 9.50. The summed E-state index contributed by atoms with van der Waals surface area (Å²) in [5.74, 6) is -0.900. The highest BCUT2D eigenvalue weighted by Gasteiger charge is 2.48. The highest BCUT2D eigenvalue weighted by molar-refractivity contribution is 6.36. The van der Waals surface area contributed by atoms with Gasteiger partial charge in [0.2, 0.25) is 29.4 Å². The van der Waals surface area contributed by atoms with E-state index in [0.717, 1.165) is 37.5 Å². The molecule has 13 nitrogen and oxygen atoms in total. The fourth-order valence-electron chi connectivity index (χ4n) is 8.00. The molecule has 1 aliphatic heterocycles. The highest BCUT2D eigenvalue weighted by atomic mass is 16.2. The first-order valence-corrected chi connectivity index (χ1v) is 15.7. The number of ketones is 1. The van der Waals surface area contributed by atoms with Crippen LogP contribution < -0.4 is 26.8 Å². The Morgan fingerprint density at radius 3 is 2.32 bits per heavy atom. The zero-order valence-corrected chi connectivity index (χ0v) is 25.3. The van der Waals surface area contributed by atoms with Crippen molar-refractivity contribution in [3.63, 3.8) is 0 Å². The van der Waals surface area contributed by atoms with Crippen LogP contribution in [0.5, 0.6) is 0 Å². The molecule has 238 valence electrons. The van der Waals surface area contributed by atoms with E-state index in [4.69, 9.17) is 0 Å². The van der Waals surface area contributed by atoms with E-state index >= 15 is 0 Å². The minimum atomic E-state index is -1.27. The van der Waals surface area contributed by atoms with E-state index in [1.165, 1.54) is 42.1 Å². The number of carbonyl (C=O) groups excluding carboxylic acids is 6. The predicted octanol–water partition coefficient (Wildman–Crippen LogP) is 0.319. The van der Waals surface area contributed by atoms with Gasteiger partial charge in [0.15, 0.2) is 0 Å². The average Bonchev–Trinajstić information content (AvgIpc) is 3.49. The fourth-order valence-corrected chi connectivity index (χ4v) is 8.00. The third-order valence-corrected chi connectivity index (χ3v) is 9.88. The van der Waals surface area contributed by atoms with E-state index in [1.807, 2.05) is 0 Å². The number of nitrogens with zero attached hydrogens (tertiary/aromatic N) is 2. The van der Waals surface area contributed by atoms with Gasteiger partial charge in [0.05, 0.1) is 0 Å². The van der Waals surface area contributed by atoms with Gasteiger partial charge in [0.1, 0.15) is 24.3 Å². The molecule has 1 aromatic heterocycles. The van der Waals surface area contributed by atoms with Gasteiger partial charge in [-0.3, -0.25) is 33.6 Å². The van der Waals surface area contributed by atoms with Crippen LogP contribution in [-0.4, -0.2) is 76.5 Å². The van der Waals surface area contributed by atoms with E-state index < -0.39 is 41.1 Å². The second-order valence-electron chi connectivity index (χ2n) is 12.8. The average molecular weight is 611 g/mol. The number of pyridine rings is 1. The maximum absolute atomic E-state index is 13.4. The Balaban J connectivity index is 1.24. The zero-order valence-electron chi connectivity index (χ0n) is 25.3. The molecule has 2 atom stereocenters. The number of amides is 5. The number of Topliss-reactive ketones (excluding diaryl/α,β-unsaturated/α-hetero) is 1. The molecule has 5 aliphatic rings. The normalized spacial score (nSPS) is 27.4. The van der Waals surface area contributed by atoms with Crippen molar-refractivity contribution in [3.05, 3.63) is 28.7 Å². The number of rotatable bonds is 11. The first-order chi connectivity index (χ1) is 21.0. The summed E-state index contributed by atoms with van der Waals surface area (Å²) in [5.41, 5.74) is -0.686. The van der Waals surface area contributed by atoms with Gasteiger partial charge in [-0.25, -0.2) is 0 Å². The third kappa shape index (κ3) is 6.86. The molecule has 13 heteroatoms. The lowest BCUT2D eigenvalue weighted by Crippen LogP contribution is -2.56. The van der Waals surface area contributed by atoms with Crippen LogP contribution in [-0.2, 0) is 35.3 Å². The summed E-state index contributed by atoms with van der Waals surface area (Å²) in [6, 6.07) is 1.04. The molecule has 0 aromatic carbocycles. The number of nitrogens with one attached hydrogen (secondary N) is 4. The summed E-state index contributed by atoms with van der Waals surface area (Å²) < 4.78 is 1.23. The Bertz CT molecular complexity index is 1360. The second kappa shape index (κ2) is 13.3. The molecule has 5 amide bonds. The highest BCUT2D eigenvalue weighted by Crippen LogP contribution is 2.53. The molecule has 6 rings (SSSR count). The minimum Gasteiger partial charge on any atom is -0.353 e. The summed E-state index contributed by atoms with van der Waals surface area (Å²) in [6.07, 6.45) is 7.92. The number of likely N-dealkylation sites (tertiary alicyclic amines) is 1. The lowest BCUT2D eigenvalue weighted by atomic mass is 9.54. The number of likely N-dealkylation sites (N-methyl/N-ethyl adjacent to an activating group) is 1. The Morgan fingerprint density at radius 2 is 1.68 bits per heavy atom. The molecule has 4 aliphatic carbocycles. The van der Waals surface area contributed by atoms with Crippen molar-refractivity contribution in [2.45, 2.75) is 89.4 Å². The van der Waals surface area contributed by atoms with E-state index in [1.54, 1.807) is 6.07 Å². The van der Waals surface area contributed by atoms with Crippen LogP contribution in [0, 0.1) is 23.7 Å². The molecule has 1 saturated heterocycles. The van der Waals surface area contributed by atoms with E-state index in [0.29, 0.717) is 31.2 Å². The predicted molar refractivity (Wildman–Crippen MR) is 159 cm³/mol. The van der Waals surface area contributed by atoms with Crippen LogP contribution in [0.2, 0.25) is 0 Å². The first-order valence-electron chi connectivity index (χ1n) is 15.7. The number of hydrogen-bond donors (Lipinski definition) is 4. The molecular formula is C31H42N6O7. The van der Waals surface area contributed by atoms with E-state index in [-0.39, 0.29) is 42.9 Å². The molecule has 5 fully saturated rings. The van der Waals surface area contributed by atoms with Gasteiger partial charge >= 0.3 is 0 Å². The molecule has 2 heterocycles. The summed E-state index contributed by atoms with van der Waals surface area (Å²) in [7, 11) is 1.31. The fraction of sp³-hybridized carbons (Fsp3) is 0.645. The van der Waals surface area contributed by atoms with Gasteiger partial charge in [0, 0.05) is 39.2 Å². The van der Waals surface area contributed by atoms with Crippen molar-refractivity contribution in [2.24, 2.45) is 23.7 Å².